The number of benzene rings is 1. The molecule has 1 heterocycles. The van der Waals surface area contributed by atoms with E-state index < -0.39 is 0 Å². The van der Waals surface area contributed by atoms with Gasteiger partial charge in [-0.2, -0.15) is 15.0 Å². The Morgan fingerprint density at radius 1 is 1.12 bits per heavy atom. The summed E-state index contributed by atoms with van der Waals surface area (Å²) >= 11 is 6.26. The first-order valence-electron chi connectivity index (χ1n) is 5.15. The summed E-state index contributed by atoms with van der Waals surface area (Å²) in [5.74, 6) is 0. The van der Waals surface area contributed by atoms with Crippen LogP contribution < -0.4 is 0 Å². The van der Waals surface area contributed by atoms with E-state index in [4.69, 9.17) is 11.6 Å². The van der Waals surface area contributed by atoms with Gasteiger partial charge in [0.2, 0.25) is 0 Å². The van der Waals surface area contributed by atoms with Crippen LogP contribution in [0.4, 0.5) is 0 Å². The van der Waals surface area contributed by atoms with Crippen LogP contribution in [-0.4, -0.2) is 15.0 Å². The number of halogens is 1. The minimum Gasteiger partial charge on any atom is -0.157 e. The molecule has 0 aliphatic heterocycles. The molecule has 1 aromatic carbocycles. The van der Waals surface area contributed by atoms with Crippen molar-refractivity contribution in [1.29, 1.82) is 0 Å². The molecular formula is C12H14ClN3. The maximum absolute atomic E-state index is 6.26. The molecule has 0 spiro atoms. The summed E-state index contributed by atoms with van der Waals surface area (Å²) in [6.45, 7) is 6.42. The van der Waals surface area contributed by atoms with Crippen LogP contribution in [0.1, 0.15) is 26.3 Å². The van der Waals surface area contributed by atoms with Crippen molar-refractivity contribution in [2.45, 2.75) is 26.2 Å². The number of aromatic nitrogens is 3. The van der Waals surface area contributed by atoms with Crippen molar-refractivity contribution in [3.05, 3.63) is 41.2 Å². The molecule has 2 aromatic rings. The lowest BCUT2D eigenvalue weighted by atomic mass is 9.87. The predicted molar refractivity (Wildman–Crippen MR) is 65.1 cm³/mol. The summed E-state index contributed by atoms with van der Waals surface area (Å²) in [5.41, 5.74) is 2.06. The van der Waals surface area contributed by atoms with Gasteiger partial charge in [0.1, 0.15) is 0 Å². The SMILES string of the molecule is CC(C)(C)c1ccc(-n2nccn2)cc1Cl. The zero-order chi connectivity index (χ0) is 11.8. The fraction of sp³-hybridized carbons (Fsp3) is 0.333. The van der Waals surface area contributed by atoms with E-state index >= 15 is 0 Å². The van der Waals surface area contributed by atoms with Crippen LogP contribution in [0.25, 0.3) is 5.69 Å². The Kier molecular flexibility index (Phi) is 2.72. The smallest absolute Gasteiger partial charge is 0.0871 e. The quantitative estimate of drug-likeness (QED) is 0.760. The van der Waals surface area contributed by atoms with Crippen molar-refractivity contribution < 1.29 is 0 Å². The molecule has 4 heteroatoms. The minimum atomic E-state index is 0.0488. The first-order valence-corrected chi connectivity index (χ1v) is 5.53. The fourth-order valence-corrected chi connectivity index (χ4v) is 2.04. The zero-order valence-electron chi connectivity index (χ0n) is 9.61. The average Bonchev–Trinajstić information content (AvgIpc) is 2.68. The van der Waals surface area contributed by atoms with Gasteiger partial charge in [0.25, 0.3) is 0 Å². The molecule has 3 nitrogen and oxygen atoms in total. The highest BCUT2D eigenvalue weighted by molar-refractivity contribution is 6.31. The van der Waals surface area contributed by atoms with Crippen molar-refractivity contribution >= 4 is 11.6 Å². The Morgan fingerprint density at radius 3 is 2.25 bits per heavy atom. The van der Waals surface area contributed by atoms with Crippen LogP contribution in [-0.2, 0) is 5.41 Å². The highest BCUT2D eigenvalue weighted by atomic mass is 35.5. The molecule has 1 aromatic heterocycles. The van der Waals surface area contributed by atoms with Gasteiger partial charge in [-0.15, -0.1) is 0 Å². The van der Waals surface area contributed by atoms with Gasteiger partial charge in [-0.1, -0.05) is 38.4 Å². The van der Waals surface area contributed by atoms with E-state index in [1.165, 1.54) is 0 Å². The molecule has 0 N–H and O–H groups in total. The van der Waals surface area contributed by atoms with Gasteiger partial charge in [-0.05, 0) is 23.1 Å². The largest absolute Gasteiger partial charge is 0.157 e. The summed E-state index contributed by atoms with van der Waals surface area (Å²) in [6, 6.07) is 5.90. The third-order valence-electron chi connectivity index (χ3n) is 2.41. The molecule has 0 aliphatic carbocycles. The lowest BCUT2D eigenvalue weighted by molar-refractivity contribution is 0.590. The third kappa shape index (κ3) is 2.09. The number of hydrogen-bond acceptors (Lipinski definition) is 2. The maximum atomic E-state index is 6.26. The van der Waals surface area contributed by atoms with E-state index in [9.17, 15) is 0 Å². The molecular weight excluding hydrogens is 222 g/mol. The van der Waals surface area contributed by atoms with Crippen LogP contribution in [0.3, 0.4) is 0 Å². The molecule has 0 saturated heterocycles. The molecule has 0 radical (unpaired) electrons. The lowest BCUT2D eigenvalue weighted by Gasteiger charge is -2.20. The van der Waals surface area contributed by atoms with E-state index in [2.05, 4.69) is 31.0 Å². The van der Waals surface area contributed by atoms with Crippen LogP contribution in [0, 0.1) is 0 Å². The maximum Gasteiger partial charge on any atom is 0.0871 e. The van der Waals surface area contributed by atoms with E-state index in [1.54, 1.807) is 17.2 Å². The van der Waals surface area contributed by atoms with Crippen LogP contribution in [0.15, 0.2) is 30.6 Å². The first kappa shape index (κ1) is 11.1. The second-order valence-corrected chi connectivity index (χ2v) is 5.14. The standard InChI is InChI=1S/C12H14ClN3/c1-12(2,3)10-5-4-9(8-11(10)13)16-14-6-7-15-16/h4-8H,1-3H3. The Hall–Kier alpha value is -1.35. The second-order valence-electron chi connectivity index (χ2n) is 4.73. The normalized spacial score (nSPS) is 11.8. The van der Waals surface area contributed by atoms with Crippen LogP contribution >= 0.6 is 11.6 Å². The highest BCUT2D eigenvalue weighted by Crippen LogP contribution is 2.30. The molecule has 0 bridgehead atoms. The van der Waals surface area contributed by atoms with E-state index in [0.29, 0.717) is 0 Å². The van der Waals surface area contributed by atoms with Gasteiger partial charge in [-0.25, -0.2) is 0 Å². The van der Waals surface area contributed by atoms with Gasteiger partial charge >= 0.3 is 0 Å². The van der Waals surface area contributed by atoms with Crippen molar-refractivity contribution in [3.8, 4) is 5.69 Å². The third-order valence-corrected chi connectivity index (χ3v) is 2.72. The van der Waals surface area contributed by atoms with E-state index in [1.807, 2.05) is 18.2 Å². The number of rotatable bonds is 1. The minimum absolute atomic E-state index is 0.0488. The molecule has 2 rings (SSSR count). The molecule has 0 unspecified atom stereocenters. The summed E-state index contributed by atoms with van der Waals surface area (Å²) in [5, 5.41) is 8.88. The molecule has 0 fully saturated rings. The summed E-state index contributed by atoms with van der Waals surface area (Å²) in [4.78, 5) is 1.55. The molecule has 0 saturated carbocycles. The highest BCUT2D eigenvalue weighted by Gasteiger charge is 2.17. The number of nitrogens with zero attached hydrogens (tertiary/aromatic N) is 3. The lowest BCUT2D eigenvalue weighted by Crippen LogP contribution is -2.12. The average molecular weight is 236 g/mol. The Bertz CT molecular complexity index is 483. The van der Waals surface area contributed by atoms with Crippen LogP contribution in [0.2, 0.25) is 5.02 Å². The summed E-state index contributed by atoms with van der Waals surface area (Å²) in [7, 11) is 0. The zero-order valence-corrected chi connectivity index (χ0v) is 10.4. The molecule has 0 amide bonds. The molecule has 84 valence electrons. The summed E-state index contributed by atoms with van der Waals surface area (Å²) in [6.07, 6.45) is 3.29. The predicted octanol–water partition coefficient (Wildman–Crippen LogP) is 3.22. The van der Waals surface area contributed by atoms with Gasteiger partial charge < -0.3 is 0 Å². The van der Waals surface area contributed by atoms with Gasteiger partial charge in [0.15, 0.2) is 0 Å². The Labute approximate surface area is 100 Å². The van der Waals surface area contributed by atoms with Crippen LogP contribution in [0.5, 0.6) is 0 Å². The molecule has 0 aliphatic rings. The van der Waals surface area contributed by atoms with Gasteiger partial charge in [-0.3, -0.25) is 0 Å². The van der Waals surface area contributed by atoms with Gasteiger partial charge in [0.05, 0.1) is 18.1 Å². The van der Waals surface area contributed by atoms with E-state index in [-0.39, 0.29) is 5.41 Å². The fourth-order valence-electron chi connectivity index (χ4n) is 1.59. The Balaban J connectivity index is 2.45. The van der Waals surface area contributed by atoms with Crippen molar-refractivity contribution in [1.82, 2.24) is 15.0 Å². The van der Waals surface area contributed by atoms with Crippen molar-refractivity contribution in [2.24, 2.45) is 0 Å². The topological polar surface area (TPSA) is 30.7 Å². The second kappa shape index (κ2) is 3.91. The monoisotopic (exact) mass is 235 g/mol. The van der Waals surface area contributed by atoms with Gasteiger partial charge in [0, 0.05) is 5.02 Å². The number of hydrogen-bond donors (Lipinski definition) is 0. The Morgan fingerprint density at radius 2 is 1.75 bits per heavy atom. The molecule has 0 atom stereocenters. The van der Waals surface area contributed by atoms with E-state index in [0.717, 1.165) is 16.3 Å². The first-order chi connectivity index (χ1) is 7.48. The van der Waals surface area contributed by atoms with Crippen molar-refractivity contribution in [2.75, 3.05) is 0 Å². The molecule has 16 heavy (non-hydrogen) atoms. The van der Waals surface area contributed by atoms with Crippen molar-refractivity contribution in [3.63, 3.8) is 0 Å². The summed E-state index contributed by atoms with van der Waals surface area (Å²) < 4.78 is 0.